The Morgan fingerprint density at radius 2 is 1.12 bits per heavy atom. The first-order valence-corrected chi connectivity index (χ1v) is 10.6. The van der Waals surface area contributed by atoms with Gasteiger partial charge in [-0.25, -0.2) is 0 Å². The normalized spacial score (nSPS) is 13.4. The fourth-order valence-corrected chi connectivity index (χ4v) is 7.74. The molecule has 0 fully saturated rings. The predicted octanol–water partition coefficient (Wildman–Crippen LogP) is 6.06. The summed E-state index contributed by atoms with van der Waals surface area (Å²) in [6, 6.07) is 0. The molecule has 0 unspecified atom stereocenters. The Labute approximate surface area is 111 Å². The van der Waals surface area contributed by atoms with Gasteiger partial charge in [0, 0.05) is 0 Å². The van der Waals surface area contributed by atoms with E-state index in [0.29, 0.717) is 0 Å². The zero-order valence-corrected chi connectivity index (χ0v) is 13.7. The van der Waals surface area contributed by atoms with Gasteiger partial charge in [-0.2, -0.15) is 0 Å². The van der Waals surface area contributed by atoms with Crippen LogP contribution in [0.1, 0.15) is 72.6 Å². The van der Waals surface area contributed by atoms with Crippen molar-refractivity contribution in [2.75, 3.05) is 18.5 Å². The second-order valence-electron chi connectivity index (χ2n) is 5.48. The molecule has 0 spiro atoms. The van der Waals surface area contributed by atoms with Crippen molar-refractivity contribution in [1.29, 1.82) is 0 Å². The Balaban J connectivity index is 4.57. The van der Waals surface area contributed by atoms with Crippen molar-refractivity contribution >= 4 is 7.26 Å². The summed E-state index contributed by atoms with van der Waals surface area (Å²) in [7, 11) is -1.06. The Kier molecular flexibility index (Phi) is 11.4. The zero-order valence-electron chi connectivity index (χ0n) is 12.7. The molecule has 0 heterocycles. The van der Waals surface area contributed by atoms with Crippen molar-refractivity contribution in [1.82, 2.24) is 0 Å². The third-order valence-electron chi connectivity index (χ3n) is 3.79. The average molecular weight is 258 g/mol. The van der Waals surface area contributed by atoms with Crippen LogP contribution in [-0.4, -0.2) is 18.5 Å². The standard InChI is InChI=1S/C16H35P/c1-5-9-13-17(14-10-6-2,15-11-7-3)16-12-8-4/h9,13,17H,5-8,10-12,14-16H2,1-4H3/b13-9+. The molecule has 104 valence electrons. The van der Waals surface area contributed by atoms with Crippen molar-refractivity contribution in [3.63, 3.8) is 0 Å². The number of unbranched alkanes of at least 4 members (excludes halogenated alkanes) is 3. The van der Waals surface area contributed by atoms with E-state index in [1.165, 1.54) is 44.9 Å². The summed E-state index contributed by atoms with van der Waals surface area (Å²) in [5.41, 5.74) is 0. The summed E-state index contributed by atoms with van der Waals surface area (Å²) < 4.78 is 0. The molecule has 0 amide bonds. The summed E-state index contributed by atoms with van der Waals surface area (Å²) in [6.45, 7) is 9.28. The van der Waals surface area contributed by atoms with Crippen LogP contribution in [0.5, 0.6) is 0 Å². The summed E-state index contributed by atoms with van der Waals surface area (Å²) in [5.74, 6) is 2.70. The molecule has 0 rings (SSSR count). The fourth-order valence-electron chi connectivity index (χ4n) is 2.58. The van der Waals surface area contributed by atoms with Crippen LogP contribution in [0.3, 0.4) is 0 Å². The van der Waals surface area contributed by atoms with Gasteiger partial charge in [-0.05, 0) is 0 Å². The fraction of sp³-hybridized carbons (Fsp3) is 0.875. The second kappa shape index (κ2) is 11.3. The van der Waals surface area contributed by atoms with Gasteiger partial charge in [0.05, 0.1) is 0 Å². The molecule has 0 radical (unpaired) electrons. The molecule has 0 N–H and O–H groups in total. The number of hydrogen-bond acceptors (Lipinski definition) is 0. The molecule has 0 aliphatic carbocycles. The van der Waals surface area contributed by atoms with Crippen molar-refractivity contribution < 1.29 is 0 Å². The maximum absolute atomic E-state index is 2.70. The number of allylic oxidation sites excluding steroid dienone is 1. The van der Waals surface area contributed by atoms with Crippen LogP contribution in [-0.2, 0) is 0 Å². The second-order valence-corrected chi connectivity index (χ2v) is 10.0. The first-order valence-electron chi connectivity index (χ1n) is 7.92. The van der Waals surface area contributed by atoms with Gasteiger partial charge in [0.25, 0.3) is 0 Å². The van der Waals surface area contributed by atoms with Gasteiger partial charge in [0.2, 0.25) is 0 Å². The van der Waals surface area contributed by atoms with E-state index < -0.39 is 7.26 Å². The molecule has 0 saturated carbocycles. The van der Waals surface area contributed by atoms with Crippen LogP contribution < -0.4 is 0 Å². The van der Waals surface area contributed by atoms with E-state index in [-0.39, 0.29) is 0 Å². The molecule has 0 aliphatic rings. The van der Waals surface area contributed by atoms with Gasteiger partial charge < -0.3 is 0 Å². The summed E-state index contributed by atoms with van der Waals surface area (Å²) in [6.07, 6.45) is 16.8. The Morgan fingerprint density at radius 1 is 0.706 bits per heavy atom. The van der Waals surface area contributed by atoms with Crippen molar-refractivity contribution in [3.8, 4) is 0 Å². The molecule has 17 heavy (non-hydrogen) atoms. The van der Waals surface area contributed by atoms with Crippen molar-refractivity contribution in [2.24, 2.45) is 0 Å². The van der Waals surface area contributed by atoms with E-state index in [1.54, 1.807) is 18.5 Å². The first kappa shape index (κ1) is 17.2. The molecule has 0 nitrogen and oxygen atoms in total. The molecule has 0 aromatic rings. The summed E-state index contributed by atoms with van der Waals surface area (Å²) >= 11 is 0. The molecular formula is C16H35P. The van der Waals surface area contributed by atoms with Gasteiger partial charge >= 0.3 is 110 Å². The number of rotatable bonds is 11. The summed E-state index contributed by atoms with van der Waals surface area (Å²) in [5, 5.41) is 0. The van der Waals surface area contributed by atoms with E-state index in [2.05, 4.69) is 39.6 Å². The minimum atomic E-state index is -1.06. The Morgan fingerprint density at radius 3 is 1.41 bits per heavy atom. The SMILES string of the molecule is CC/C=C/[PH](CCCC)(CCCC)CCCC. The van der Waals surface area contributed by atoms with Gasteiger partial charge in [0.15, 0.2) is 0 Å². The van der Waals surface area contributed by atoms with Crippen LogP contribution in [0.25, 0.3) is 0 Å². The third-order valence-corrected chi connectivity index (χ3v) is 8.78. The van der Waals surface area contributed by atoms with Crippen LogP contribution in [0, 0.1) is 0 Å². The van der Waals surface area contributed by atoms with E-state index in [9.17, 15) is 0 Å². The molecular weight excluding hydrogens is 223 g/mol. The third kappa shape index (κ3) is 7.98. The van der Waals surface area contributed by atoms with E-state index >= 15 is 0 Å². The van der Waals surface area contributed by atoms with E-state index in [4.69, 9.17) is 0 Å². The van der Waals surface area contributed by atoms with Crippen molar-refractivity contribution in [2.45, 2.75) is 72.6 Å². The number of hydrogen-bond donors (Lipinski definition) is 0. The summed E-state index contributed by atoms with van der Waals surface area (Å²) in [4.78, 5) is 0. The van der Waals surface area contributed by atoms with Gasteiger partial charge in [0.1, 0.15) is 0 Å². The quantitative estimate of drug-likeness (QED) is 0.395. The van der Waals surface area contributed by atoms with Crippen LogP contribution in [0.4, 0.5) is 0 Å². The molecule has 0 atom stereocenters. The maximum atomic E-state index is 2.70. The first-order chi connectivity index (χ1) is 8.24. The zero-order chi connectivity index (χ0) is 13.0. The topological polar surface area (TPSA) is 0 Å². The van der Waals surface area contributed by atoms with Crippen LogP contribution in [0.15, 0.2) is 11.9 Å². The van der Waals surface area contributed by atoms with Crippen LogP contribution in [0.2, 0.25) is 0 Å². The van der Waals surface area contributed by atoms with Gasteiger partial charge in [-0.15, -0.1) is 0 Å². The molecule has 0 aromatic carbocycles. The molecule has 0 aromatic heterocycles. The van der Waals surface area contributed by atoms with E-state index in [1.807, 2.05) is 0 Å². The monoisotopic (exact) mass is 258 g/mol. The van der Waals surface area contributed by atoms with Gasteiger partial charge in [-0.3, -0.25) is 0 Å². The van der Waals surface area contributed by atoms with Gasteiger partial charge in [-0.1, -0.05) is 0 Å². The minimum absolute atomic E-state index is 1.06. The van der Waals surface area contributed by atoms with Crippen molar-refractivity contribution in [3.05, 3.63) is 11.9 Å². The van der Waals surface area contributed by atoms with E-state index in [0.717, 1.165) is 0 Å². The molecule has 1 heteroatoms. The average Bonchev–Trinajstić information content (AvgIpc) is 2.37. The van der Waals surface area contributed by atoms with Crippen LogP contribution >= 0.6 is 7.26 Å². The predicted molar refractivity (Wildman–Crippen MR) is 87.1 cm³/mol. The molecule has 0 aliphatic heterocycles. The molecule has 0 bridgehead atoms. The Hall–Kier alpha value is 0.170. The molecule has 0 saturated heterocycles. The Bertz CT molecular complexity index is 162.